The van der Waals surface area contributed by atoms with Crippen molar-refractivity contribution in [2.75, 3.05) is 19.6 Å². The van der Waals surface area contributed by atoms with Crippen molar-refractivity contribution in [3.63, 3.8) is 0 Å². The summed E-state index contributed by atoms with van der Waals surface area (Å²) < 4.78 is 69.3. The minimum Gasteiger partial charge on any atom is -0.389 e. The van der Waals surface area contributed by atoms with Crippen molar-refractivity contribution < 1.29 is 31.5 Å². The van der Waals surface area contributed by atoms with Gasteiger partial charge in [0, 0.05) is 43.6 Å². The van der Waals surface area contributed by atoms with E-state index in [0.29, 0.717) is 55.4 Å². The van der Waals surface area contributed by atoms with Gasteiger partial charge >= 0.3 is 6.18 Å². The highest BCUT2D eigenvalue weighted by molar-refractivity contribution is 7.89. The first kappa shape index (κ1) is 31.5. The van der Waals surface area contributed by atoms with Gasteiger partial charge in [-0.1, -0.05) is 26.0 Å². The van der Waals surface area contributed by atoms with Crippen LogP contribution in [0.3, 0.4) is 0 Å². The number of ketones is 1. The molecule has 0 aromatic heterocycles. The summed E-state index contributed by atoms with van der Waals surface area (Å²) in [6.45, 7) is 9.11. The Balaban J connectivity index is 1.14. The van der Waals surface area contributed by atoms with Gasteiger partial charge in [-0.3, -0.25) is 9.69 Å². The molecule has 0 radical (unpaired) electrons. The molecule has 240 valence electrons. The number of β-amino-alcohol motifs (C(OH)–C–C–N with tert-alkyl or cyclic N) is 1. The summed E-state index contributed by atoms with van der Waals surface area (Å²) in [6, 6.07) is 3.58. The summed E-state index contributed by atoms with van der Waals surface area (Å²) in [7, 11) is -4.38. The van der Waals surface area contributed by atoms with E-state index in [1.54, 1.807) is 6.92 Å². The zero-order valence-electron chi connectivity index (χ0n) is 25.9. The van der Waals surface area contributed by atoms with Crippen LogP contribution in [0.25, 0.3) is 0 Å². The van der Waals surface area contributed by atoms with Crippen molar-refractivity contribution in [1.29, 1.82) is 0 Å². The van der Waals surface area contributed by atoms with Gasteiger partial charge in [0.25, 0.3) is 0 Å². The lowest BCUT2D eigenvalue weighted by molar-refractivity contribution is -0.159. The maximum atomic E-state index is 13.7. The lowest BCUT2D eigenvalue weighted by atomic mass is 9.44. The third-order valence-corrected chi connectivity index (χ3v) is 14.9. The Bertz CT molecular complexity index is 1370. The second-order valence-electron chi connectivity index (χ2n) is 15.2. The third-order valence-electron chi connectivity index (χ3n) is 12.9. The molecule has 1 aliphatic heterocycles. The number of Topliss-reactive ketones (excluding diaryl/α,β-unsaturated/α-hetero) is 1. The number of hydrogen-bond donors (Lipinski definition) is 1. The van der Waals surface area contributed by atoms with Gasteiger partial charge in [0.1, 0.15) is 5.78 Å². The molecule has 5 aliphatic rings. The predicted octanol–water partition coefficient (Wildman–Crippen LogP) is 6.13. The molecule has 43 heavy (non-hydrogen) atoms. The highest BCUT2D eigenvalue weighted by atomic mass is 32.2. The van der Waals surface area contributed by atoms with Crippen molar-refractivity contribution >= 4 is 15.8 Å². The highest BCUT2D eigenvalue weighted by Gasteiger charge is 2.61. The lowest BCUT2D eigenvalue weighted by Crippen LogP contribution is -2.62. The van der Waals surface area contributed by atoms with Crippen LogP contribution >= 0.6 is 0 Å². The van der Waals surface area contributed by atoms with Gasteiger partial charge in [-0.2, -0.15) is 17.5 Å². The molecular formula is C33H47F3N2O4S. The lowest BCUT2D eigenvalue weighted by Gasteiger charge is -2.61. The van der Waals surface area contributed by atoms with E-state index >= 15 is 0 Å². The zero-order chi connectivity index (χ0) is 31.2. The van der Waals surface area contributed by atoms with Crippen molar-refractivity contribution in [3.05, 3.63) is 29.8 Å². The summed E-state index contributed by atoms with van der Waals surface area (Å²) in [5.41, 5.74) is -2.02. The Morgan fingerprint density at radius 1 is 0.953 bits per heavy atom. The maximum Gasteiger partial charge on any atom is 0.417 e. The molecule has 6 nitrogen and oxygen atoms in total. The molecule has 1 aromatic rings. The molecule has 0 spiro atoms. The van der Waals surface area contributed by atoms with Crippen molar-refractivity contribution in [3.8, 4) is 0 Å². The number of piperazine rings is 1. The molecule has 6 rings (SSSR count). The van der Waals surface area contributed by atoms with E-state index in [2.05, 4.69) is 18.7 Å². The Hall–Kier alpha value is -1.49. The number of carbonyl (C=O) groups excluding carboxylic acids is 1. The van der Waals surface area contributed by atoms with Crippen molar-refractivity contribution in [2.24, 2.45) is 34.5 Å². The average molecular weight is 625 g/mol. The number of rotatable bonds is 4. The van der Waals surface area contributed by atoms with Gasteiger partial charge in [-0.05, 0) is 106 Å². The SMILES string of the molecule is C[C@@H]1CN(S(=O)(=O)c2ccccc2C(F)(F)F)[C@@H](C)CN1C[C@]1(O)CC[C@@]2(C)[C@H](CC[C@@H]3[C@@H]2CC[C@@]2(C)C(=O)CC[C@@H]32)C1. The van der Waals surface area contributed by atoms with Gasteiger partial charge < -0.3 is 5.11 Å². The first-order chi connectivity index (χ1) is 20.0. The van der Waals surface area contributed by atoms with Crippen molar-refractivity contribution in [1.82, 2.24) is 9.21 Å². The zero-order valence-corrected chi connectivity index (χ0v) is 26.7. The van der Waals surface area contributed by atoms with E-state index in [1.165, 1.54) is 16.4 Å². The van der Waals surface area contributed by atoms with E-state index in [4.69, 9.17) is 0 Å². The molecule has 4 aliphatic carbocycles. The number of halogens is 3. The van der Waals surface area contributed by atoms with Crippen LogP contribution in [0.2, 0.25) is 0 Å². The van der Waals surface area contributed by atoms with E-state index < -0.39 is 38.3 Å². The topological polar surface area (TPSA) is 77.9 Å². The van der Waals surface area contributed by atoms with Crippen LogP contribution in [0.1, 0.15) is 91.0 Å². The Morgan fingerprint density at radius 2 is 1.67 bits per heavy atom. The van der Waals surface area contributed by atoms with Gasteiger partial charge in [0.15, 0.2) is 0 Å². The molecule has 10 heteroatoms. The van der Waals surface area contributed by atoms with Crippen LogP contribution in [-0.4, -0.2) is 65.8 Å². The molecule has 0 unspecified atom stereocenters. The minimum atomic E-state index is -4.77. The number of carbonyl (C=O) groups is 1. The molecule has 4 saturated carbocycles. The highest BCUT2D eigenvalue weighted by Crippen LogP contribution is 2.66. The van der Waals surface area contributed by atoms with E-state index in [1.807, 2.05) is 6.92 Å². The number of benzene rings is 1. The Kier molecular flexibility index (Phi) is 7.71. The standard InChI is InChI=1S/C33H47F3N2O4S/c1-21-19-38(43(41,42)28-8-6-5-7-27(28)33(34,35)36)22(2)18-37(21)20-32(40)16-15-30(3)23(17-32)9-10-24-25-11-12-29(39)31(25,4)14-13-26(24)30/h5-8,21-26,40H,9-20H2,1-4H3/t21-,22+,23-,24+,25+,26+,30+,31-,32+/m1/s1. The monoisotopic (exact) mass is 624 g/mol. The minimum absolute atomic E-state index is 0.0650. The van der Waals surface area contributed by atoms with E-state index in [-0.39, 0.29) is 23.4 Å². The number of nitrogens with zero attached hydrogens (tertiary/aromatic N) is 2. The van der Waals surface area contributed by atoms with Gasteiger partial charge in [0.05, 0.1) is 16.1 Å². The van der Waals surface area contributed by atoms with Crippen molar-refractivity contribution in [2.45, 2.75) is 114 Å². The Labute approximate surface area is 254 Å². The fourth-order valence-electron chi connectivity index (χ4n) is 10.4. The van der Waals surface area contributed by atoms with E-state index in [9.17, 15) is 31.5 Å². The number of aliphatic hydroxyl groups is 1. The molecule has 1 N–H and O–H groups in total. The maximum absolute atomic E-state index is 13.7. The van der Waals surface area contributed by atoms with Crippen LogP contribution in [-0.2, 0) is 21.0 Å². The van der Waals surface area contributed by atoms with Crippen LogP contribution in [0, 0.1) is 34.5 Å². The normalized spacial score (nSPS) is 42.7. The molecular weight excluding hydrogens is 577 g/mol. The fourth-order valence-corrected chi connectivity index (χ4v) is 12.3. The van der Waals surface area contributed by atoms with Gasteiger partial charge in [-0.15, -0.1) is 0 Å². The van der Waals surface area contributed by atoms with Crippen LogP contribution < -0.4 is 0 Å². The average Bonchev–Trinajstić information content (AvgIpc) is 3.24. The number of fused-ring (bicyclic) bond motifs is 5. The molecule has 1 saturated heterocycles. The molecule has 5 fully saturated rings. The summed E-state index contributed by atoms with van der Waals surface area (Å²) in [6.07, 6.45) is 3.59. The summed E-state index contributed by atoms with van der Waals surface area (Å²) in [5.74, 6) is 2.54. The third kappa shape index (κ3) is 5.10. The second-order valence-corrected chi connectivity index (χ2v) is 17.1. The van der Waals surface area contributed by atoms with Gasteiger partial charge in [0.2, 0.25) is 10.0 Å². The largest absolute Gasteiger partial charge is 0.417 e. The molecule has 9 atom stereocenters. The molecule has 0 amide bonds. The summed E-state index contributed by atoms with van der Waals surface area (Å²) in [5, 5.41) is 12.0. The van der Waals surface area contributed by atoms with Crippen LogP contribution in [0.5, 0.6) is 0 Å². The second kappa shape index (κ2) is 10.5. The number of sulfonamides is 1. The smallest absolute Gasteiger partial charge is 0.389 e. The predicted molar refractivity (Wildman–Crippen MR) is 158 cm³/mol. The van der Waals surface area contributed by atoms with Crippen LogP contribution in [0.15, 0.2) is 29.2 Å². The number of alkyl halides is 3. The summed E-state index contributed by atoms with van der Waals surface area (Å²) in [4.78, 5) is 14.2. The van der Waals surface area contributed by atoms with Gasteiger partial charge in [-0.25, -0.2) is 8.42 Å². The van der Waals surface area contributed by atoms with E-state index in [0.717, 1.165) is 57.1 Å². The number of hydrogen-bond acceptors (Lipinski definition) is 5. The fraction of sp³-hybridized carbons (Fsp3) is 0.788. The quantitative estimate of drug-likeness (QED) is 0.436. The Morgan fingerprint density at radius 3 is 2.40 bits per heavy atom. The first-order valence-electron chi connectivity index (χ1n) is 16.2. The van der Waals surface area contributed by atoms with Crippen LogP contribution in [0.4, 0.5) is 13.2 Å². The first-order valence-corrected chi connectivity index (χ1v) is 17.6. The molecule has 0 bridgehead atoms. The molecule has 1 aromatic carbocycles. The summed E-state index contributed by atoms with van der Waals surface area (Å²) >= 11 is 0. The molecule has 1 heterocycles.